The van der Waals surface area contributed by atoms with Crippen LogP contribution in [-0.4, -0.2) is 47.9 Å². The van der Waals surface area contributed by atoms with E-state index in [0.717, 1.165) is 0 Å². The van der Waals surface area contributed by atoms with E-state index in [2.05, 4.69) is 5.16 Å². The largest absolute Gasteiger partial charge is 0.468 e. The summed E-state index contributed by atoms with van der Waals surface area (Å²) in [7, 11) is 1.35. The van der Waals surface area contributed by atoms with Gasteiger partial charge < -0.3 is 18.9 Å². The summed E-state index contributed by atoms with van der Waals surface area (Å²) in [6, 6.07) is 1.75. The number of likely N-dealkylation sites (tertiary alicyclic amines) is 1. The Labute approximate surface area is 135 Å². The molecule has 1 aromatic heterocycles. The first-order valence-corrected chi connectivity index (χ1v) is 7.68. The molecule has 0 saturated carbocycles. The van der Waals surface area contributed by atoms with E-state index in [-0.39, 0.29) is 12.1 Å². The molecular weight excluding hydrogens is 300 g/mol. The molecule has 2 heterocycles. The molecule has 1 aromatic rings. The lowest BCUT2D eigenvalue weighted by Crippen LogP contribution is -2.50. The van der Waals surface area contributed by atoms with Crippen molar-refractivity contribution in [1.29, 1.82) is 0 Å². The third-order valence-electron chi connectivity index (χ3n) is 3.94. The van der Waals surface area contributed by atoms with Crippen molar-refractivity contribution in [2.45, 2.75) is 51.6 Å². The lowest BCUT2D eigenvalue weighted by Gasteiger charge is -2.38. The number of carbonyl (C=O) groups is 2. The predicted octanol–water partition coefficient (Wildman–Crippen LogP) is 2.42. The van der Waals surface area contributed by atoms with Crippen molar-refractivity contribution in [1.82, 2.24) is 10.1 Å². The maximum absolute atomic E-state index is 12.4. The van der Waals surface area contributed by atoms with Gasteiger partial charge >= 0.3 is 12.1 Å². The van der Waals surface area contributed by atoms with E-state index < -0.39 is 11.0 Å². The van der Waals surface area contributed by atoms with Crippen LogP contribution in [0.1, 0.15) is 45.1 Å². The summed E-state index contributed by atoms with van der Waals surface area (Å²) in [5, 5.41) is 3.87. The molecule has 0 N–H and O–H groups in total. The molecular formula is C16H24N2O5. The molecule has 0 aliphatic carbocycles. The monoisotopic (exact) mass is 324 g/mol. The number of piperidine rings is 1. The number of esters is 1. The van der Waals surface area contributed by atoms with Crippen LogP contribution in [0, 0.1) is 6.92 Å². The highest BCUT2D eigenvalue weighted by Crippen LogP contribution is 2.37. The average Bonchev–Trinajstić information content (AvgIpc) is 2.91. The normalized spacial score (nSPS) is 17.7. The molecule has 0 spiro atoms. The Morgan fingerprint density at radius 3 is 2.35 bits per heavy atom. The van der Waals surface area contributed by atoms with E-state index in [1.807, 2.05) is 20.8 Å². The number of nitrogens with zero attached hydrogens (tertiary/aromatic N) is 2. The van der Waals surface area contributed by atoms with Gasteiger partial charge in [0, 0.05) is 19.2 Å². The van der Waals surface area contributed by atoms with Gasteiger partial charge in [0.1, 0.15) is 11.0 Å². The van der Waals surface area contributed by atoms with Gasteiger partial charge in [0.15, 0.2) is 5.76 Å². The van der Waals surface area contributed by atoms with E-state index in [1.165, 1.54) is 7.11 Å². The summed E-state index contributed by atoms with van der Waals surface area (Å²) in [6.07, 6.45) is 0.450. The zero-order valence-corrected chi connectivity index (χ0v) is 14.3. The minimum absolute atomic E-state index is 0.363. The van der Waals surface area contributed by atoms with Crippen LogP contribution in [-0.2, 0) is 19.7 Å². The highest BCUT2D eigenvalue weighted by atomic mass is 16.6. The second-order valence-corrected chi connectivity index (χ2v) is 6.87. The molecule has 23 heavy (non-hydrogen) atoms. The lowest BCUT2D eigenvalue weighted by molar-refractivity contribution is -0.150. The number of rotatable bonds is 2. The molecule has 1 aliphatic rings. The van der Waals surface area contributed by atoms with Crippen LogP contribution in [0.5, 0.6) is 0 Å². The molecule has 0 bridgehead atoms. The SMILES string of the molecule is COC(=O)C1(c2cc(C)no2)CCN(C(=O)OC(C)(C)C)CC1. The summed E-state index contributed by atoms with van der Waals surface area (Å²) in [5.41, 5.74) is -0.734. The van der Waals surface area contributed by atoms with Gasteiger partial charge in [-0.25, -0.2) is 4.79 Å². The fraction of sp³-hybridized carbons (Fsp3) is 0.688. The molecule has 128 valence electrons. The van der Waals surface area contributed by atoms with Crippen molar-refractivity contribution in [3.8, 4) is 0 Å². The molecule has 2 rings (SSSR count). The van der Waals surface area contributed by atoms with Gasteiger partial charge in [0.25, 0.3) is 0 Å². The molecule has 1 amide bonds. The fourth-order valence-corrected chi connectivity index (χ4v) is 2.73. The van der Waals surface area contributed by atoms with Crippen molar-refractivity contribution in [2.75, 3.05) is 20.2 Å². The predicted molar refractivity (Wildman–Crippen MR) is 82.0 cm³/mol. The molecule has 0 aromatic carbocycles. The van der Waals surface area contributed by atoms with Crippen molar-refractivity contribution in [2.24, 2.45) is 0 Å². The van der Waals surface area contributed by atoms with Crippen LogP contribution < -0.4 is 0 Å². The summed E-state index contributed by atoms with van der Waals surface area (Å²) < 4.78 is 15.7. The first kappa shape index (κ1) is 17.3. The number of hydrogen-bond donors (Lipinski definition) is 0. The Morgan fingerprint density at radius 1 is 1.30 bits per heavy atom. The van der Waals surface area contributed by atoms with Crippen molar-refractivity contribution in [3.05, 3.63) is 17.5 Å². The maximum atomic E-state index is 12.4. The summed E-state index contributed by atoms with van der Waals surface area (Å²) in [4.78, 5) is 26.1. The summed E-state index contributed by atoms with van der Waals surface area (Å²) >= 11 is 0. The van der Waals surface area contributed by atoms with E-state index in [9.17, 15) is 9.59 Å². The van der Waals surface area contributed by atoms with Gasteiger partial charge in [-0.15, -0.1) is 0 Å². The van der Waals surface area contributed by atoms with E-state index in [0.29, 0.717) is 37.4 Å². The van der Waals surface area contributed by atoms with Crippen LogP contribution in [0.2, 0.25) is 0 Å². The quantitative estimate of drug-likeness (QED) is 0.777. The van der Waals surface area contributed by atoms with Crippen LogP contribution in [0.25, 0.3) is 0 Å². The third-order valence-corrected chi connectivity index (χ3v) is 3.94. The summed E-state index contributed by atoms with van der Waals surface area (Å²) in [6.45, 7) is 8.06. The van der Waals surface area contributed by atoms with Crippen molar-refractivity contribution in [3.63, 3.8) is 0 Å². The first-order valence-electron chi connectivity index (χ1n) is 7.68. The van der Waals surface area contributed by atoms with Gasteiger partial charge in [0.05, 0.1) is 12.8 Å². The summed E-state index contributed by atoms with van der Waals surface area (Å²) in [5.74, 6) is 0.128. The third kappa shape index (κ3) is 3.65. The Hall–Kier alpha value is -2.05. The molecule has 7 nitrogen and oxygen atoms in total. The van der Waals surface area contributed by atoms with Crippen molar-refractivity contribution < 1.29 is 23.6 Å². The zero-order valence-electron chi connectivity index (χ0n) is 14.3. The zero-order chi connectivity index (χ0) is 17.3. The van der Waals surface area contributed by atoms with Gasteiger partial charge in [-0.2, -0.15) is 0 Å². The second kappa shape index (κ2) is 6.22. The Balaban J connectivity index is 2.15. The van der Waals surface area contributed by atoms with Crippen LogP contribution in [0.3, 0.4) is 0 Å². The number of ether oxygens (including phenoxy) is 2. The Bertz CT molecular complexity index is 580. The smallest absolute Gasteiger partial charge is 0.410 e. The van der Waals surface area contributed by atoms with E-state index in [4.69, 9.17) is 14.0 Å². The number of aromatic nitrogens is 1. The highest BCUT2D eigenvalue weighted by molar-refractivity contribution is 5.83. The molecule has 1 aliphatic heterocycles. The molecule has 7 heteroatoms. The van der Waals surface area contributed by atoms with Crippen molar-refractivity contribution >= 4 is 12.1 Å². The standard InChI is InChI=1S/C16H24N2O5/c1-11-10-12(23-17-11)16(13(19)21-5)6-8-18(9-7-16)14(20)22-15(2,3)4/h10H,6-9H2,1-5H3. The number of carbonyl (C=O) groups excluding carboxylic acids is 2. The molecule has 1 fully saturated rings. The molecule has 0 radical (unpaired) electrons. The van der Waals surface area contributed by atoms with E-state index in [1.54, 1.807) is 17.9 Å². The van der Waals surface area contributed by atoms with Crippen LogP contribution in [0.4, 0.5) is 4.79 Å². The van der Waals surface area contributed by atoms with Gasteiger partial charge in [-0.3, -0.25) is 4.79 Å². The molecule has 1 saturated heterocycles. The Kier molecular flexibility index (Phi) is 4.68. The van der Waals surface area contributed by atoms with Gasteiger partial charge in [0.2, 0.25) is 0 Å². The highest BCUT2D eigenvalue weighted by Gasteiger charge is 2.48. The van der Waals surface area contributed by atoms with Gasteiger partial charge in [-0.1, -0.05) is 5.16 Å². The van der Waals surface area contributed by atoms with Crippen LogP contribution in [0.15, 0.2) is 10.6 Å². The Morgan fingerprint density at radius 2 is 1.91 bits per heavy atom. The first-order chi connectivity index (χ1) is 10.7. The average molecular weight is 324 g/mol. The fourth-order valence-electron chi connectivity index (χ4n) is 2.73. The van der Waals surface area contributed by atoms with Crippen LogP contribution >= 0.6 is 0 Å². The number of hydrogen-bond acceptors (Lipinski definition) is 6. The second-order valence-electron chi connectivity index (χ2n) is 6.87. The lowest BCUT2D eigenvalue weighted by atomic mass is 9.76. The maximum Gasteiger partial charge on any atom is 0.410 e. The number of methoxy groups -OCH3 is 1. The number of amides is 1. The molecule has 0 atom stereocenters. The van der Waals surface area contributed by atoms with E-state index >= 15 is 0 Å². The van der Waals surface area contributed by atoms with Gasteiger partial charge in [-0.05, 0) is 40.5 Å². The minimum atomic E-state index is -0.894. The topological polar surface area (TPSA) is 81.9 Å². The molecule has 0 unspecified atom stereocenters. The number of aryl methyl sites for hydroxylation is 1. The minimum Gasteiger partial charge on any atom is -0.468 e.